The number of rotatable bonds is 7. The van der Waals surface area contributed by atoms with E-state index in [4.69, 9.17) is 9.47 Å². The van der Waals surface area contributed by atoms with Crippen LogP contribution in [-0.4, -0.2) is 60.9 Å². The second kappa shape index (κ2) is 16.3. The Bertz CT molecular complexity index is 1830. The zero-order valence-electron chi connectivity index (χ0n) is 28.6. The summed E-state index contributed by atoms with van der Waals surface area (Å²) in [5, 5.41) is 5.91. The molecule has 0 saturated heterocycles. The van der Waals surface area contributed by atoms with Crippen LogP contribution < -0.4 is 20.1 Å². The van der Waals surface area contributed by atoms with E-state index >= 15 is 0 Å². The van der Waals surface area contributed by atoms with Crippen LogP contribution in [0.25, 0.3) is 0 Å². The number of nitrogens with zero attached hydrogens (tertiary/aromatic N) is 2. The lowest BCUT2D eigenvalue weighted by molar-refractivity contribution is -0.131. The molecule has 6 rings (SSSR count). The van der Waals surface area contributed by atoms with Gasteiger partial charge in [0.1, 0.15) is 11.5 Å². The molecule has 0 bridgehead atoms. The number of hydrogen-bond donors (Lipinski definition) is 2. The summed E-state index contributed by atoms with van der Waals surface area (Å²) in [6.45, 7) is 9.25. The van der Waals surface area contributed by atoms with Gasteiger partial charge in [-0.2, -0.15) is 0 Å². The number of esters is 1. The van der Waals surface area contributed by atoms with Gasteiger partial charge in [-0.15, -0.1) is 0 Å². The minimum absolute atomic E-state index is 0.0876. The zero-order valence-corrected chi connectivity index (χ0v) is 30.2. The number of likely N-dealkylation sites (N-methyl/N-ethyl adjacent to an activating group) is 2. The van der Waals surface area contributed by atoms with E-state index in [9.17, 15) is 14.4 Å². The molecule has 4 aromatic rings. The summed E-state index contributed by atoms with van der Waals surface area (Å²) >= 11 is 3.47. The standard InChI is InChI=1S/C20H23BrN2O2.C19H20N2O3/c1-13(2)25-19-7-5-15(11-18(19)21)20(24)22-17-6-4-14-8-9-23(3)12-16(14)10-17;1-13(22)24-18-7-4-15(5-8-18)19(23)20-17-6-3-14-9-10-21(2)12-16(14)11-17/h4-7,10-11,13H,8-9,12H2,1-3H3,(H,22,24);3-8,11H,9-10,12H2,1-2H3,(H,20,23). The molecule has 0 aromatic heterocycles. The largest absolute Gasteiger partial charge is 0.490 e. The number of carbonyl (C=O) groups is 3. The third-order valence-corrected chi connectivity index (χ3v) is 8.89. The van der Waals surface area contributed by atoms with Crippen LogP contribution in [0.15, 0.2) is 83.3 Å². The Kier molecular flexibility index (Phi) is 11.9. The first-order valence-electron chi connectivity index (χ1n) is 16.4. The number of anilines is 2. The van der Waals surface area contributed by atoms with Gasteiger partial charge >= 0.3 is 5.97 Å². The summed E-state index contributed by atoms with van der Waals surface area (Å²) in [6, 6.07) is 24.1. The summed E-state index contributed by atoms with van der Waals surface area (Å²) in [4.78, 5) is 40.4. The van der Waals surface area contributed by atoms with Gasteiger partial charge in [0.25, 0.3) is 11.8 Å². The maximum atomic E-state index is 12.5. The van der Waals surface area contributed by atoms with Crippen LogP contribution in [0.5, 0.6) is 11.5 Å². The monoisotopic (exact) mass is 726 g/mol. The van der Waals surface area contributed by atoms with Crippen molar-refractivity contribution < 1.29 is 23.9 Å². The zero-order chi connectivity index (χ0) is 35.1. The molecule has 0 aliphatic carbocycles. The number of amides is 2. The van der Waals surface area contributed by atoms with E-state index in [1.54, 1.807) is 36.4 Å². The van der Waals surface area contributed by atoms with Gasteiger partial charge in [0, 0.05) is 55.6 Å². The summed E-state index contributed by atoms with van der Waals surface area (Å²) in [5.41, 5.74) is 7.99. The maximum absolute atomic E-state index is 12.5. The van der Waals surface area contributed by atoms with E-state index in [0.717, 1.165) is 60.6 Å². The number of benzene rings is 4. The number of ether oxygens (including phenoxy) is 2. The number of fused-ring (bicyclic) bond motifs is 2. The smallest absolute Gasteiger partial charge is 0.308 e. The predicted octanol–water partition coefficient (Wildman–Crippen LogP) is 7.33. The lowest BCUT2D eigenvalue weighted by Crippen LogP contribution is -2.26. The van der Waals surface area contributed by atoms with E-state index in [1.165, 1.54) is 29.2 Å². The van der Waals surface area contributed by atoms with Gasteiger partial charge in [0.15, 0.2) is 0 Å². The lowest BCUT2D eigenvalue weighted by atomic mass is 9.99. The normalized spacial score (nSPS) is 14.1. The fourth-order valence-corrected chi connectivity index (χ4v) is 6.26. The van der Waals surface area contributed by atoms with E-state index in [2.05, 4.69) is 68.7 Å². The highest BCUT2D eigenvalue weighted by molar-refractivity contribution is 9.10. The fraction of sp³-hybridized carbons (Fsp3) is 0.308. The molecule has 4 aromatic carbocycles. The first kappa shape index (κ1) is 35.8. The van der Waals surface area contributed by atoms with Crippen LogP contribution in [0.3, 0.4) is 0 Å². The Morgan fingerprint density at radius 2 is 1.20 bits per heavy atom. The van der Waals surface area contributed by atoms with Crippen LogP contribution >= 0.6 is 15.9 Å². The molecule has 2 amide bonds. The van der Waals surface area contributed by atoms with E-state index in [-0.39, 0.29) is 23.9 Å². The third kappa shape index (κ3) is 10.0. The molecule has 256 valence electrons. The minimum atomic E-state index is -0.383. The van der Waals surface area contributed by atoms with Crippen LogP contribution in [0.2, 0.25) is 0 Å². The van der Waals surface area contributed by atoms with E-state index < -0.39 is 0 Å². The Labute approximate surface area is 296 Å². The molecule has 49 heavy (non-hydrogen) atoms. The Balaban J connectivity index is 0.000000191. The second-order valence-corrected chi connectivity index (χ2v) is 13.6. The summed E-state index contributed by atoms with van der Waals surface area (Å²) in [6.07, 6.45) is 2.19. The van der Waals surface area contributed by atoms with Gasteiger partial charge in [-0.3, -0.25) is 14.4 Å². The number of hydrogen-bond acceptors (Lipinski definition) is 7. The van der Waals surface area contributed by atoms with Crippen molar-refractivity contribution in [1.82, 2.24) is 9.80 Å². The fourth-order valence-electron chi connectivity index (χ4n) is 5.79. The highest BCUT2D eigenvalue weighted by Gasteiger charge is 2.16. The van der Waals surface area contributed by atoms with Crippen LogP contribution in [0, 0.1) is 0 Å². The number of carbonyl (C=O) groups excluding carboxylic acids is 3. The molecule has 0 atom stereocenters. The first-order chi connectivity index (χ1) is 23.4. The Morgan fingerprint density at radius 1 is 0.694 bits per heavy atom. The number of nitrogens with one attached hydrogen (secondary N) is 2. The lowest BCUT2D eigenvalue weighted by Gasteiger charge is -2.25. The maximum Gasteiger partial charge on any atom is 0.308 e. The van der Waals surface area contributed by atoms with Crippen molar-refractivity contribution in [2.45, 2.75) is 52.8 Å². The molecule has 0 fully saturated rings. The van der Waals surface area contributed by atoms with Crippen molar-refractivity contribution in [3.05, 3.63) is 117 Å². The minimum Gasteiger partial charge on any atom is -0.490 e. The molecule has 10 heteroatoms. The van der Waals surface area contributed by atoms with Gasteiger partial charge < -0.3 is 29.9 Å². The first-order valence-corrected chi connectivity index (χ1v) is 17.2. The quantitative estimate of drug-likeness (QED) is 0.152. The van der Waals surface area contributed by atoms with Crippen molar-refractivity contribution in [2.24, 2.45) is 0 Å². The van der Waals surface area contributed by atoms with Crippen molar-refractivity contribution in [1.29, 1.82) is 0 Å². The van der Waals surface area contributed by atoms with Gasteiger partial charge in [-0.05, 0) is 146 Å². The SMILES string of the molecule is CC(=O)Oc1ccc(C(=O)Nc2ccc3c(c2)CN(C)CC3)cc1.CC(C)Oc1ccc(C(=O)Nc2ccc3c(c2)CN(C)CC3)cc1Br. The van der Waals surface area contributed by atoms with Crippen LogP contribution in [-0.2, 0) is 30.7 Å². The Hall–Kier alpha value is -4.51. The molecule has 0 radical (unpaired) electrons. The number of halogens is 1. The van der Waals surface area contributed by atoms with Gasteiger partial charge in [-0.1, -0.05) is 12.1 Å². The molecule has 0 saturated carbocycles. The van der Waals surface area contributed by atoms with E-state index in [0.29, 0.717) is 16.9 Å². The molecule has 0 unspecified atom stereocenters. The molecule has 2 aliphatic heterocycles. The highest BCUT2D eigenvalue weighted by atomic mass is 79.9. The molecular weight excluding hydrogens is 684 g/mol. The van der Waals surface area contributed by atoms with Gasteiger partial charge in [-0.25, -0.2) is 0 Å². The summed E-state index contributed by atoms with van der Waals surface area (Å²) < 4.78 is 11.4. The topological polar surface area (TPSA) is 100 Å². The molecule has 2 aliphatic rings. The second-order valence-electron chi connectivity index (χ2n) is 12.8. The molecule has 0 spiro atoms. The van der Waals surface area contributed by atoms with Crippen molar-refractivity contribution in [3.63, 3.8) is 0 Å². The van der Waals surface area contributed by atoms with Gasteiger partial charge in [0.2, 0.25) is 0 Å². The third-order valence-electron chi connectivity index (χ3n) is 8.27. The van der Waals surface area contributed by atoms with E-state index in [1.807, 2.05) is 38.1 Å². The average Bonchev–Trinajstić information content (AvgIpc) is 3.05. The molecular formula is C39H43BrN4O5. The highest BCUT2D eigenvalue weighted by Crippen LogP contribution is 2.28. The van der Waals surface area contributed by atoms with Crippen molar-refractivity contribution in [2.75, 3.05) is 37.8 Å². The summed E-state index contributed by atoms with van der Waals surface area (Å²) in [7, 11) is 4.21. The van der Waals surface area contributed by atoms with Crippen LogP contribution in [0.1, 0.15) is 63.7 Å². The van der Waals surface area contributed by atoms with Gasteiger partial charge in [0.05, 0.1) is 10.6 Å². The van der Waals surface area contributed by atoms with Crippen LogP contribution in [0.4, 0.5) is 11.4 Å². The predicted molar refractivity (Wildman–Crippen MR) is 197 cm³/mol. The molecule has 2 heterocycles. The van der Waals surface area contributed by atoms with Crippen molar-refractivity contribution in [3.8, 4) is 11.5 Å². The Morgan fingerprint density at radius 3 is 1.69 bits per heavy atom. The average molecular weight is 728 g/mol. The van der Waals surface area contributed by atoms with Crippen molar-refractivity contribution >= 4 is 45.1 Å². The molecule has 9 nitrogen and oxygen atoms in total. The molecule has 2 N–H and O–H groups in total. The summed E-state index contributed by atoms with van der Waals surface area (Å²) in [5.74, 6) is 0.472.